The van der Waals surface area contributed by atoms with Crippen molar-refractivity contribution in [1.82, 2.24) is 0 Å². The molecule has 0 aromatic carbocycles. The van der Waals surface area contributed by atoms with Crippen molar-refractivity contribution in [1.29, 1.82) is 0 Å². The third-order valence-electron chi connectivity index (χ3n) is 2.07. The van der Waals surface area contributed by atoms with Gasteiger partial charge in [-0.2, -0.15) is 11.1 Å². The number of allylic oxidation sites excluding steroid dienone is 2. The van der Waals surface area contributed by atoms with Crippen molar-refractivity contribution in [2.24, 2.45) is 5.41 Å². The van der Waals surface area contributed by atoms with Gasteiger partial charge in [0.1, 0.15) is 0 Å². The van der Waals surface area contributed by atoms with E-state index in [9.17, 15) is 0 Å². The average Bonchev–Trinajstić information content (AvgIpc) is 2.01. The van der Waals surface area contributed by atoms with Gasteiger partial charge in [0.25, 0.3) is 0 Å². The van der Waals surface area contributed by atoms with Gasteiger partial charge in [-0.25, -0.2) is 5.57 Å². The smallest absolute Gasteiger partial charge is 0.607 e. The third kappa shape index (κ3) is 4.34. The fourth-order valence-corrected chi connectivity index (χ4v) is 1.14. The molecule has 0 aliphatic rings. The van der Waals surface area contributed by atoms with Crippen molar-refractivity contribution in [3.8, 4) is 0 Å². The van der Waals surface area contributed by atoms with E-state index in [4.69, 9.17) is 10.2 Å². The Labute approximate surface area is 101 Å². The fraction of sp³-hybridized carbons (Fsp3) is 0.545. The van der Waals surface area contributed by atoms with Gasteiger partial charge in [-0.3, -0.25) is 0 Å². The van der Waals surface area contributed by atoms with Crippen LogP contribution in [0.15, 0.2) is 16.7 Å². The summed E-state index contributed by atoms with van der Waals surface area (Å²) in [7, 11) is 0. The predicted octanol–water partition coefficient (Wildman–Crippen LogP) is 3.15. The summed E-state index contributed by atoms with van der Waals surface area (Å²) in [6.45, 7) is 10.7. The summed E-state index contributed by atoms with van der Waals surface area (Å²) in [5.74, 6) is 0. The first-order valence-electron chi connectivity index (χ1n) is 4.27. The number of rotatable bonds is 2. The van der Waals surface area contributed by atoms with E-state index in [1.54, 1.807) is 6.92 Å². The van der Waals surface area contributed by atoms with Gasteiger partial charge in [0.2, 0.25) is 0 Å². The van der Waals surface area contributed by atoms with Gasteiger partial charge in [0, 0.05) is 0 Å². The fourth-order valence-electron chi connectivity index (χ4n) is 1.14. The van der Waals surface area contributed by atoms with E-state index in [-0.39, 0.29) is 26.5 Å². The van der Waals surface area contributed by atoms with E-state index in [0.717, 1.165) is 17.8 Å². The molecule has 2 N–H and O–H groups in total. The Morgan fingerprint density at radius 2 is 1.64 bits per heavy atom. The molecule has 0 aliphatic carbocycles. The minimum atomic E-state index is -0.128. The number of hydrogen-bond acceptors (Lipinski definition) is 2. The molecule has 0 aromatic heterocycles. The van der Waals surface area contributed by atoms with Gasteiger partial charge in [0.05, 0.1) is 0 Å². The number of hydrogen-bond donors (Lipinski definition) is 2. The van der Waals surface area contributed by atoms with Gasteiger partial charge < -0.3 is 10.2 Å². The first-order valence-corrected chi connectivity index (χ1v) is 4.27. The quantitative estimate of drug-likeness (QED) is 0.448. The molecule has 0 unspecified atom stereocenters. The second-order valence-electron chi connectivity index (χ2n) is 4.15. The average molecular weight is 366 g/mol. The molecule has 80 valence electrons. The van der Waals surface area contributed by atoms with E-state index >= 15 is 0 Å². The zero-order valence-electron chi connectivity index (χ0n) is 9.38. The van der Waals surface area contributed by atoms with Crippen LogP contribution in [0, 0.1) is 18.3 Å². The number of aliphatic hydroxyl groups is 2. The molecule has 0 amide bonds. The largest absolute Gasteiger partial charge is 2.00 e. The monoisotopic (exact) mass is 366 g/mol. The van der Waals surface area contributed by atoms with Crippen LogP contribution in [0.5, 0.6) is 0 Å². The van der Waals surface area contributed by atoms with Crippen molar-refractivity contribution < 1.29 is 31.3 Å². The Morgan fingerprint density at radius 1 is 1.21 bits per heavy atom. The molecule has 0 spiro atoms. The summed E-state index contributed by atoms with van der Waals surface area (Å²) < 4.78 is 0. The van der Waals surface area contributed by atoms with E-state index in [1.807, 2.05) is 27.7 Å². The van der Waals surface area contributed by atoms with Gasteiger partial charge in [-0.15, -0.1) is 13.5 Å². The van der Waals surface area contributed by atoms with Crippen molar-refractivity contribution in [2.75, 3.05) is 0 Å². The van der Waals surface area contributed by atoms with Crippen molar-refractivity contribution >= 4 is 0 Å². The Balaban J connectivity index is 0. The molecule has 0 saturated heterocycles. The minimum absolute atomic E-state index is 0. The Bertz CT molecular complexity index is 234. The Kier molecular flexibility index (Phi) is 7.32. The Morgan fingerprint density at radius 3 is 1.86 bits per heavy atom. The van der Waals surface area contributed by atoms with Crippen LogP contribution < -0.4 is 0 Å². The van der Waals surface area contributed by atoms with Crippen molar-refractivity contribution in [2.45, 2.75) is 34.6 Å². The second-order valence-corrected chi connectivity index (χ2v) is 4.15. The number of aliphatic hydroxyl groups excluding tert-OH is 2. The predicted molar refractivity (Wildman–Crippen MR) is 53.4 cm³/mol. The van der Waals surface area contributed by atoms with Gasteiger partial charge in [0.15, 0.2) is 0 Å². The molecule has 2 nitrogen and oxygen atoms in total. The first kappa shape index (κ1) is 16.2. The summed E-state index contributed by atoms with van der Waals surface area (Å²) in [6.07, 6.45) is 2.08. The summed E-state index contributed by atoms with van der Waals surface area (Å²) in [5.41, 5.74) is 2.19. The summed E-state index contributed by atoms with van der Waals surface area (Å²) in [5, 5.41) is 17.8. The van der Waals surface area contributed by atoms with Crippen LogP contribution in [0.1, 0.15) is 34.6 Å². The van der Waals surface area contributed by atoms with Crippen LogP contribution in [0.4, 0.5) is 0 Å². The standard InChI is InChI=1S/C11H18O2.W/c1-8(6-12)9(2)10(7-13)11(3,4)5;/h7,12-13H,1-5H3;/q-2;+2/b10-9+;. The zero-order valence-corrected chi connectivity index (χ0v) is 12.3. The summed E-state index contributed by atoms with van der Waals surface area (Å²) in [6, 6.07) is 0. The molecule has 0 bridgehead atoms. The normalized spacial score (nSPS) is 14.3. The topological polar surface area (TPSA) is 40.5 Å². The van der Waals surface area contributed by atoms with Crippen LogP contribution in [0.3, 0.4) is 0 Å². The molecular formula is C11H18O2W. The maximum Gasteiger partial charge on any atom is 2.00 e. The second kappa shape index (κ2) is 6.31. The maximum absolute atomic E-state index is 9.07. The van der Waals surface area contributed by atoms with Crippen LogP contribution in [0.25, 0.3) is 0 Å². The van der Waals surface area contributed by atoms with Crippen LogP contribution in [0.2, 0.25) is 0 Å². The van der Waals surface area contributed by atoms with E-state index in [2.05, 4.69) is 6.26 Å². The molecule has 3 heteroatoms. The van der Waals surface area contributed by atoms with Crippen LogP contribution in [-0.2, 0) is 21.1 Å². The van der Waals surface area contributed by atoms with Crippen LogP contribution >= 0.6 is 0 Å². The molecule has 0 aromatic rings. The van der Waals surface area contributed by atoms with Crippen LogP contribution in [-0.4, -0.2) is 10.2 Å². The summed E-state index contributed by atoms with van der Waals surface area (Å²) in [4.78, 5) is 0. The molecule has 0 rings (SSSR count). The third-order valence-corrected chi connectivity index (χ3v) is 2.07. The molecule has 0 atom stereocenters. The Hall–Kier alpha value is -0.202. The van der Waals surface area contributed by atoms with Gasteiger partial charge >= 0.3 is 21.1 Å². The van der Waals surface area contributed by atoms with Crippen molar-refractivity contribution in [3.63, 3.8) is 0 Å². The van der Waals surface area contributed by atoms with Crippen molar-refractivity contribution in [3.05, 3.63) is 29.6 Å². The molecule has 0 heterocycles. The molecule has 0 saturated carbocycles. The molecular weight excluding hydrogens is 348 g/mol. The minimum Gasteiger partial charge on any atom is -0.607 e. The van der Waals surface area contributed by atoms with Gasteiger partial charge in [-0.1, -0.05) is 34.0 Å². The first-order chi connectivity index (χ1) is 5.84. The zero-order chi connectivity index (χ0) is 10.6. The van der Waals surface area contributed by atoms with E-state index in [0.29, 0.717) is 5.57 Å². The molecule has 0 radical (unpaired) electrons. The molecule has 0 fully saturated rings. The molecule has 14 heavy (non-hydrogen) atoms. The molecule has 0 aliphatic heterocycles. The maximum atomic E-state index is 9.07. The van der Waals surface area contributed by atoms with E-state index < -0.39 is 0 Å². The van der Waals surface area contributed by atoms with E-state index in [1.165, 1.54) is 0 Å². The summed E-state index contributed by atoms with van der Waals surface area (Å²) >= 11 is 0. The SMILES string of the molecule is CC(=[C-]O)/C(C)=C(\[CH-]O)C(C)(C)C.[W+2]. The van der Waals surface area contributed by atoms with Gasteiger partial charge in [-0.05, 0) is 5.41 Å².